The van der Waals surface area contributed by atoms with Gasteiger partial charge < -0.3 is 15.4 Å². The molecule has 0 spiro atoms. The second-order valence-electron chi connectivity index (χ2n) is 8.72. The number of alkyl carbamates (subject to hydrolysis) is 1. The van der Waals surface area contributed by atoms with E-state index in [0.717, 1.165) is 19.4 Å². The van der Waals surface area contributed by atoms with Crippen molar-refractivity contribution in [1.82, 2.24) is 10.6 Å². The van der Waals surface area contributed by atoms with E-state index in [4.69, 9.17) is 4.74 Å². The van der Waals surface area contributed by atoms with Crippen molar-refractivity contribution in [1.29, 1.82) is 0 Å². The zero-order chi connectivity index (χ0) is 16.4. The van der Waals surface area contributed by atoms with Crippen molar-refractivity contribution in [2.24, 2.45) is 5.41 Å². The first-order valence-corrected chi connectivity index (χ1v) is 9.57. The summed E-state index contributed by atoms with van der Waals surface area (Å²) in [7, 11) is 0. The van der Waals surface area contributed by atoms with Gasteiger partial charge in [0.1, 0.15) is 5.60 Å². The summed E-state index contributed by atoms with van der Waals surface area (Å²) < 4.78 is 5.41. The molecule has 2 fully saturated rings. The maximum Gasteiger partial charge on any atom is 0.408 e. The lowest BCUT2D eigenvalue weighted by Gasteiger charge is -2.44. The zero-order valence-electron chi connectivity index (χ0n) is 14.8. The molecule has 1 saturated carbocycles. The zero-order valence-corrected chi connectivity index (χ0v) is 15.6. The summed E-state index contributed by atoms with van der Waals surface area (Å²) >= 11 is 2.03. The number of ether oxygens (including phenoxy) is 1. The molecule has 2 aliphatic rings. The number of rotatable bonds is 4. The van der Waals surface area contributed by atoms with E-state index in [1.807, 2.05) is 32.5 Å². The summed E-state index contributed by atoms with van der Waals surface area (Å²) in [5.74, 6) is 2.42. The van der Waals surface area contributed by atoms with E-state index >= 15 is 0 Å². The van der Waals surface area contributed by atoms with Gasteiger partial charge in [-0.25, -0.2) is 4.79 Å². The first-order valence-electron chi connectivity index (χ1n) is 8.42. The molecule has 2 N–H and O–H groups in total. The van der Waals surface area contributed by atoms with Gasteiger partial charge in [0.25, 0.3) is 0 Å². The molecule has 1 atom stereocenters. The molecule has 0 aromatic carbocycles. The highest BCUT2D eigenvalue weighted by Crippen LogP contribution is 2.35. The molecule has 2 rings (SSSR count). The lowest BCUT2D eigenvalue weighted by molar-refractivity contribution is 0.0377. The molecule has 22 heavy (non-hydrogen) atoms. The van der Waals surface area contributed by atoms with Crippen molar-refractivity contribution in [3.05, 3.63) is 0 Å². The molecule has 1 heterocycles. The Balaban J connectivity index is 1.82. The van der Waals surface area contributed by atoms with Gasteiger partial charge >= 0.3 is 6.09 Å². The summed E-state index contributed by atoms with van der Waals surface area (Å²) in [6.07, 6.45) is 4.20. The van der Waals surface area contributed by atoms with Crippen LogP contribution in [-0.4, -0.2) is 41.3 Å². The summed E-state index contributed by atoms with van der Waals surface area (Å²) in [4.78, 5) is 12.1. The van der Waals surface area contributed by atoms with E-state index in [0.29, 0.717) is 11.5 Å². The van der Waals surface area contributed by atoms with Crippen LogP contribution in [0.4, 0.5) is 4.79 Å². The normalized spacial score (nSPS) is 26.9. The first kappa shape index (κ1) is 17.9. The van der Waals surface area contributed by atoms with Crippen LogP contribution in [0, 0.1) is 5.41 Å². The van der Waals surface area contributed by atoms with Crippen LogP contribution in [0.25, 0.3) is 0 Å². The molecule has 1 aliphatic heterocycles. The largest absolute Gasteiger partial charge is 0.444 e. The van der Waals surface area contributed by atoms with Crippen LogP contribution in [0.2, 0.25) is 0 Å². The van der Waals surface area contributed by atoms with Gasteiger partial charge in [-0.1, -0.05) is 13.8 Å². The molecule has 5 heteroatoms. The highest BCUT2D eigenvalue weighted by Gasteiger charge is 2.40. The number of thioether (sulfide) groups is 1. The van der Waals surface area contributed by atoms with Gasteiger partial charge in [0.2, 0.25) is 0 Å². The third-order valence-electron chi connectivity index (χ3n) is 4.42. The molecule has 4 nitrogen and oxygen atoms in total. The Morgan fingerprint density at radius 2 is 2.00 bits per heavy atom. The van der Waals surface area contributed by atoms with Crippen LogP contribution < -0.4 is 10.6 Å². The van der Waals surface area contributed by atoms with Gasteiger partial charge in [0.05, 0.1) is 5.54 Å². The van der Waals surface area contributed by atoms with Crippen LogP contribution in [0.3, 0.4) is 0 Å². The first-order chi connectivity index (χ1) is 10.1. The van der Waals surface area contributed by atoms with Crippen molar-refractivity contribution in [2.75, 3.05) is 18.1 Å². The Morgan fingerprint density at radius 1 is 1.32 bits per heavy atom. The Kier molecular flexibility index (Phi) is 5.38. The summed E-state index contributed by atoms with van der Waals surface area (Å²) in [6, 6.07) is 0.548. The fraction of sp³-hybridized carbons (Fsp3) is 0.941. The topological polar surface area (TPSA) is 50.4 Å². The van der Waals surface area contributed by atoms with Crippen molar-refractivity contribution in [2.45, 2.75) is 77.5 Å². The van der Waals surface area contributed by atoms with Crippen LogP contribution in [0.1, 0.15) is 60.3 Å². The molecule has 0 radical (unpaired) electrons. The van der Waals surface area contributed by atoms with Crippen molar-refractivity contribution < 1.29 is 9.53 Å². The smallest absolute Gasteiger partial charge is 0.408 e. The van der Waals surface area contributed by atoms with Crippen LogP contribution >= 0.6 is 11.8 Å². The van der Waals surface area contributed by atoms with E-state index < -0.39 is 5.60 Å². The second kappa shape index (κ2) is 6.60. The van der Waals surface area contributed by atoms with E-state index in [9.17, 15) is 4.79 Å². The van der Waals surface area contributed by atoms with E-state index in [1.165, 1.54) is 24.3 Å². The molecule has 0 aromatic rings. The number of amides is 1. The fourth-order valence-electron chi connectivity index (χ4n) is 3.20. The van der Waals surface area contributed by atoms with Gasteiger partial charge in [-0.2, -0.15) is 11.8 Å². The lowest BCUT2D eigenvalue weighted by atomic mass is 9.76. The Bertz CT molecular complexity index is 400. The quantitative estimate of drug-likeness (QED) is 0.828. The molecule has 1 unspecified atom stereocenters. The van der Waals surface area contributed by atoms with E-state index in [1.54, 1.807) is 0 Å². The van der Waals surface area contributed by atoms with Crippen LogP contribution in [0.5, 0.6) is 0 Å². The van der Waals surface area contributed by atoms with Gasteiger partial charge in [0, 0.05) is 18.3 Å². The Hall–Kier alpha value is -0.420. The van der Waals surface area contributed by atoms with Crippen molar-refractivity contribution >= 4 is 17.9 Å². The molecular weight excluding hydrogens is 296 g/mol. The maximum atomic E-state index is 12.1. The number of carbonyl (C=O) groups is 1. The number of hydrogen-bond acceptors (Lipinski definition) is 4. The second-order valence-corrected chi connectivity index (χ2v) is 9.75. The minimum Gasteiger partial charge on any atom is -0.444 e. The van der Waals surface area contributed by atoms with Crippen LogP contribution in [0.15, 0.2) is 0 Å². The molecular formula is C17H32N2O2S. The highest BCUT2D eigenvalue weighted by molar-refractivity contribution is 7.99. The van der Waals surface area contributed by atoms with Gasteiger partial charge in [-0.15, -0.1) is 0 Å². The standard InChI is InChI=1S/C17H32N2O2S/c1-15(2,3)21-14(20)19-17(7-6-8-17)11-18-13-9-16(4,5)12-22-10-13/h13,18H,6-12H2,1-5H3,(H,19,20). The highest BCUT2D eigenvalue weighted by atomic mass is 32.2. The Labute approximate surface area is 139 Å². The third kappa shape index (κ3) is 5.34. The fourth-order valence-corrected chi connectivity index (χ4v) is 4.51. The molecule has 0 aromatic heterocycles. The third-order valence-corrected chi connectivity index (χ3v) is 6.04. The van der Waals surface area contributed by atoms with Crippen LogP contribution in [-0.2, 0) is 4.74 Å². The predicted molar refractivity (Wildman–Crippen MR) is 93.5 cm³/mol. The van der Waals surface area contributed by atoms with E-state index in [-0.39, 0.29) is 11.6 Å². The average Bonchev–Trinajstić information content (AvgIpc) is 2.29. The van der Waals surface area contributed by atoms with Gasteiger partial charge in [-0.3, -0.25) is 0 Å². The Morgan fingerprint density at radius 3 is 2.50 bits per heavy atom. The molecule has 0 bridgehead atoms. The summed E-state index contributed by atoms with van der Waals surface area (Å²) in [6.45, 7) is 11.2. The number of hydrogen-bond donors (Lipinski definition) is 2. The minimum absolute atomic E-state index is 0.103. The lowest BCUT2D eigenvalue weighted by Crippen LogP contribution is -2.61. The van der Waals surface area contributed by atoms with Gasteiger partial charge in [-0.05, 0) is 57.6 Å². The maximum absolute atomic E-state index is 12.1. The number of carbonyl (C=O) groups excluding carboxylic acids is 1. The van der Waals surface area contributed by atoms with Gasteiger partial charge in [0.15, 0.2) is 0 Å². The monoisotopic (exact) mass is 328 g/mol. The molecule has 1 amide bonds. The van der Waals surface area contributed by atoms with Crippen molar-refractivity contribution in [3.63, 3.8) is 0 Å². The number of nitrogens with one attached hydrogen (secondary N) is 2. The molecule has 128 valence electrons. The predicted octanol–water partition coefficient (Wildman–Crippen LogP) is 3.56. The van der Waals surface area contributed by atoms with E-state index in [2.05, 4.69) is 24.5 Å². The summed E-state index contributed by atoms with van der Waals surface area (Å²) in [5.41, 5.74) is -0.132. The minimum atomic E-state index is -0.438. The molecule has 1 aliphatic carbocycles. The van der Waals surface area contributed by atoms with Crippen molar-refractivity contribution in [3.8, 4) is 0 Å². The summed E-state index contributed by atoms with van der Waals surface area (Å²) in [5, 5.41) is 6.81. The average molecular weight is 329 g/mol. The SMILES string of the molecule is CC1(C)CSCC(NCC2(NC(=O)OC(C)(C)C)CCC2)C1. The molecule has 1 saturated heterocycles.